The van der Waals surface area contributed by atoms with Crippen molar-refractivity contribution < 1.29 is 22.4 Å². The number of methoxy groups -OCH3 is 1. The Morgan fingerprint density at radius 2 is 1.96 bits per heavy atom. The zero-order chi connectivity index (χ0) is 18.3. The molecule has 1 heterocycles. The van der Waals surface area contributed by atoms with Gasteiger partial charge in [-0.15, -0.1) is 0 Å². The molecule has 0 aliphatic heterocycles. The predicted octanol–water partition coefficient (Wildman–Crippen LogP) is 1.76. The zero-order valence-corrected chi connectivity index (χ0v) is 15.1. The molecule has 0 aliphatic rings. The first-order chi connectivity index (χ1) is 11.9. The van der Waals surface area contributed by atoms with Gasteiger partial charge < -0.3 is 14.5 Å². The second-order valence-electron chi connectivity index (χ2n) is 5.55. The fraction of sp³-hybridized carbons (Fsp3) is 0.353. The molecular formula is C17H22N2O5S. The van der Waals surface area contributed by atoms with E-state index in [1.807, 2.05) is 0 Å². The van der Waals surface area contributed by atoms with Crippen LogP contribution in [0.1, 0.15) is 17.7 Å². The van der Waals surface area contributed by atoms with Crippen molar-refractivity contribution in [3.8, 4) is 5.75 Å². The number of furan rings is 1. The van der Waals surface area contributed by atoms with Gasteiger partial charge in [0.15, 0.2) is 0 Å². The van der Waals surface area contributed by atoms with Crippen LogP contribution in [-0.2, 0) is 27.9 Å². The number of nitrogens with one attached hydrogen (secondary N) is 1. The molecule has 0 spiro atoms. The smallest absolute Gasteiger partial charge is 0.221 e. The van der Waals surface area contributed by atoms with Crippen LogP contribution in [0, 0.1) is 0 Å². The quantitative estimate of drug-likeness (QED) is 0.730. The van der Waals surface area contributed by atoms with Crippen LogP contribution < -0.4 is 10.1 Å². The second kappa shape index (κ2) is 8.68. The lowest BCUT2D eigenvalue weighted by Crippen LogP contribution is -2.34. The highest BCUT2D eigenvalue weighted by atomic mass is 32.2. The van der Waals surface area contributed by atoms with Crippen LogP contribution in [0.5, 0.6) is 5.75 Å². The highest BCUT2D eigenvalue weighted by molar-refractivity contribution is 7.88. The van der Waals surface area contributed by atoms with Gasteiger partial charge >= 0.3 is 0 Å². The number of rotatable bonds is 9. The van der Waals surface area contributed by atoms with E-state index in [0.717, 1.165) is 11.8 Å². The Hall–Kier alpha value is -2.32. The van der Waals surface area contributed by atoms with Crippen molar-refractivity contribution >= 4 is 15.9 Å². The molecule has 2 aromatic rings. The third kappa shape index (κ3) is 6.24. The van der Waals surface area contributed by atoms with Gasteiger partial charge in [0.1, 0.15) is 11.5 Å². The molecule has 1 aromatic heterocycles. The Bertz CT molecular complexity index is 770. The molecule has 0 aliphatic carbocycles. The van der Waals surface area contributed by atoms with Gasteiger partial charge in [0.05, 0.1) is 26.2 Å². The van der Waals surface area contributed by atoms with Gasteiger partial charge in [-0.2, -0.15) is 4.31 Å². The van der Waals surface area contributed by atoms with Crippen molar-refractivity contribution in [3.63, 3.8) is 0 Å². The van der Waals surface area contributed by atoms with Crippen LogP contribution in [0.15, 0.2) is 47.1 Å². The lowest BCUT2D eigenvalue weighted by atomic mass is 10.2. The van der Waals surface area contributed by atoms with Gasteiger partial charge in [-0.25, -0.2) is 8.42 Å². The molecule has 1 amide bonds. The summed E-state index contributed by atoms with van der Waals surface area (Å²) in [6, 6.07) is 10.6. The van der Waals surface area contributed by atoms with Crippen molar-refractivity contribution in [1.29, 1.82) is 0 Å². The van der Waals surface area contributed by atoms with Crippen LogP contribution in [0.4, 0.5) is 0 Å². The van der Waals surface area contributed by atoms with E-state index in [0.29, 0.717) is 11.5 Å². The number of benzene rings is 1. The highest BCUT2D eigenvalue weighted by Crippen LogP contribution is 2.14. The van der Waals surface area contributed by atoms with E-state index in [9.17, 15) is 13.2 Å². The lowest BCUT2D eigenvalue weighted by molar-refractivity contribution is -0.121. The van der Waals surface area contributed by atoms with Crippen LogP contribution >= 0.6 is 0 Å². The SMILES string of the molecule is COc1ccc(CN(CCC(=O)NCc2ccco2)S(C)(=O)=O)cc1. The van der Waals surface area contributed by atoms with Crippen molar-refractivity contribution in [2.75, 3.05) is 19.9 Å². The van der Waals surface area contributed by atoms with E-state index in [1.54, 1.807) is 43.5 Å². The minimum Gasteiger partial charge on any atom is -0.497 e. The Kier molecular flexibility index (Phi) is 6.60. The molecule has 0 saturated heterocycles. The number of carbonyl (C=O) groups is 1. The molecule has 0 fully saturated rings. The van der Waals surface area contributed by atoms with E-state index in [2.05, 4.69) is 5.32 Å². The van der Waals surface area contributed by atoms with Crippen LogP contribution in [-0.4, -0.2) is 38.5 Å². The van der Waals surface area contributed by atoms with Gasteiger partial charge in [-0.3, -0.25) is 4.79 Å². The molecule has 0 bridgehead atoms. The first-order valence-corrected chi connectivity index (χ1v) is 9.60. The van der Waals surface area contributed by atoms with Crippen LogP contribution in [0.3, 0.4) is 0 Å². The third-order valence-corrected chi connectivity index (χ3v) is 4.86. The average molecular weight is 366 g/mol. The molecule has 1 aromatic carbocycles. The van der Waals surface area contributed by atoms with Crippen molar-refractivity contribution in [3.05, 3.63) is 54.0 Å². The Balaban J connectivity index is 1.90. The van der Waals surface area contributed by atoms with Gasteiger partial charge in [-0.1, -0.05) is 12.1 Å². The lowest BCUT2D eigenvalue weighted by Gasteiger charge is -2.20. The number of ether oxygens (including phenoxy) is 1. The number of amides is 1. The summed E-state index contributed by atoms with van der Waals surface area (Å²) in [6.07, 6.45) is 2.74. The molecule has 0 unspecified atom stereocenters. The van der Waals surface area contributed by atoms with Gasteiger partial charge in [0.25, 0.3) is 0 Å². The first-order valence-electron chi connectivity index (χ1n) is 7.75. The number of hydrogen-bond acceptors (Lipinski definition) is 5. The third-order valence-electron chi connectivity index (χ3n) is 3.62. The second-order valence-corrected chi connectivity index (χ2v) is 7.53. The summed E-state index contributed by atoms with van der Waals surface area (Å²) in [5.74, 6) is 1.11. The minimum atomic E-state index is -3.43. The summed E-state index contributed by atoms with van der Waals surface area (Å²) in [7, 11) is -1.86. The molecule has 136 valence electrons. The predicted molar refractivity (Wildman–Crippen MR) is 93.4 cm³/mol. The average Bonchev–Trinajstić information content (AvgIpc) is 3.09. The standard InChI is InChI=1S/C17H22N2O5S/c1-23-15-7-5-14(6-8-15)13-19(25(2,21)22)10-9-17(20)18-12-16-4-3-11-24-16/h3-8,11H,9-10,12-13H2,1-2H3,(H,18,20). The summed E-state index contributed by atoms with van der Waals surface area (Å²) < 4.78 is 35.4. The fourth-order valence-electron chi connectivity index (χ4n) is 2.21. The van der Waals surface area contributed by atoms with Gasteiger partial charge in [-0.05, 0) is 29.8 Å². The van der Waals surface area contributed by atoms with Crippen molar-refractivity contribution in [2.45, 2.75) is 19.5 Å². The van der Waals surface area contributed by atoms with Crippen molar-refractivity contribution in [2.24, 2.45) is 0 Å². The maximum atomic E-state index is 12.0. The van der Waals surface area contributed by atoms with E-state index in [1.165, 1.54) is 10.6 Å². The summed E-state index contributed by atoms with van der Waals surface area (Å²) in [4.78, 5) is 11.9. The normalized spacial score (nSPS) is 11.5. The molecule has 2 rings (SSSR count). The minimum absolute atomic E-state index is 0.0733. The van der Waals surface area contributed by atoms with Gasteiger partial charge in [0.2, 0.25) is 15.9 Å². The molecule has 0 radical (unpaired) electrons. The summed E-state index contributed by atoms with van der Waals surface area (Å²) >= 11 is 0. The molecular weight excluding hydrogens is 344 g/mol. The number of sulfonamides is 1. The largest absolute Gasteiger partial charge is 0.497 e. The van der Waals surface area contributed by atoms with E-state index < -0.39 is 10.0 Å². The highest BCUT2D eigenvalue weighted by Gasteiger charge is 2.18. The molecule has 0 saturated carbocycles. The number of carbonyl (C=O) groups excluding carboxylic acids is 1. The topological polar surface area (TPSA) is 88.8 Å². The number of nitrogens with zero attached hydrogens (tertiary/aromatic N) is 1. The zero-order valence-electron chi connectivity index (χ0n) is 14.3. The fourth-order valence-corrected chi connectivity index (χ4v) is 3.02. The molecule has 25 heavy (non-hydrogen) atoms. The van der Waals surface area contributed by atoms with Crippen molar-refractivity contribution in [1.82, 2.24) is 9.62 Å². The summed E-state index contributed by atoms with van der Waals surface area (Å²) in [5, 5.41) is 2.70. The Morgan fingerprint density at radius 3 is 2.52 bits per heavy atom. The maximum Gasteiger partial charge on any atom is 0.221 e. The van der Waals surface area contributed by atoms with E-state index in [4.69, 9.17) is 9.15 Å². The first kappa shape index (κ1) is 19.0. The van der Waals surface area contributed by atoms with Gasteiger partial charge in [0, 0.05) is 19.5 Å². The number of hydrogen-bond donors (Lipinski definition) is 1. The molecule has 7 nitrogen and oxygen atoms in total. The molecule has 8 heteroatoms. The van der Waals surface area contributed by atoms with Crippen LogP contribution in [0.2, 0.25) is 0 Å². The molecule has 1 N–H and O–H groups in total. The van der Waals surface area contributed by atoms with Crippen LogP contribution in [0.25, 0.3) is 0 Å². The monoisotopic (exact) mass is 366 g/mol. The summed E-state index contributed by atoms with van der Waals surface area (Å²) in [6.45, 7) is 0.590. The maximum absolute atomic E-state index is 12.0. The molecule has 0 atom stereocenters. The summed E-state index contributed by atoms with van der Waals surface area (Å²) in [5.41, 5.74) is 0.821. The van der Waals surface area contributed by atoms with E-state index in [-0.39, 0.29) is 32.0 Å². The Morgan fingerprint density at radius 1 is 1.24 bits per heavy atom. The Labute approximate surface area is 147 Å². The van der Waals surface area contributed by atoms with E-state index >= 15 is 0 Å².